The second-order valence-electron chi connectivity index (χ2n) is 6.61. The Morgan fingerprint density at radius 1 is 1.07 bits per heavy atom. The van der Waals surface area contributed by atoms with E-state index in [1.807, 2.05) is 42.0 Å². The number of pyridine rings is 1. The van der Waals surface area contributed by atoms with Crippen LogP contribution in [0.4, 0.5) is 5.69 Å². The van der Waals surface area contributed by atoms with Gasteiger partial charge < -0.3 is 10.1 Å². The third kappa shape index (κ3) is 4.50. The van der Waals surface area contributed by atoms with E-state index in [0.29, 0.717) is 28.6 Å². The molecule has 0 spiro atoms. The Hall–Kier alpha value is -3.64. The van der Waals surface area contributed by atoms with Crippen molar-refractivity contribution in [3.63, 3.8) is 0 Å². The molecule has 0 bridgehead atoms. The van der Waals surface area contributed by atoms with E-state index in [1.165, 1.54) is 0 Å². The smallest absolute Gasteiger partial charge is 0.259 e. The molecule has 2 aromatic heterocycles. The number of benzene rings is 2. The maximum atomic E-state index is 12.8. The molecule has 4 aromatic rings. The third-order valence-electron chi connectivity index (χ3n) is 4.52. The Morgan fingerprint density at radius 3 is 2.57 bits per heavy atom. The van der Waals surface area contributed by atoms with E-state index in [2.05, 4.69) is 15.3 Å². The predicted octanol–water partition coefficient (Wildman–Crippen LogP) is 5.06. The van der Waals surface area contributed by atoms with Crippen LogP contribution in [0.25, 0.3) is 5.82 Å². The summed E-state index contributed by atoms with van der Waals surface area (Å²) in [6, 6.07) is 18.1. The normalized spacial score (nSPS) is 10.6. The van der Waals surface area contributed by atoms with Gasteiger partial charge in [0.25, 0.3) is 5.91 Å². The minimum atomic E-state index is -0.268. The number of halogens is 1. The van der Waals surface area contributed by atoms with Gasteiger partial charge in [0.05, 0.1) is 17.4 Å². The zero-order valence-electron chi connectivity index (χ0n) is 16.2. The lowest BCUT2D eigenvalue weighted by atomic mass is 10.2. The molecule has 6 nitrogen and oxygen atoms in total. The van der Waals surface area contributed by atoms with E-state index in [1.54, 1.807) is 48.8 Å². The van der Waals surface area contributed by atoms with E-state index < -0.39 is 0 Å². The molecule has 7 heteroatoms. The lowest BCUT2D eigenvalue weighted by molar-refractivity contribution is 0.102. The summed E-state index contributed by atoms with van der Waals surface area (Å²) in [6.45, 7) is 2.24. The first-order valence-electron chi connectivity index (χ1n) is 9.34. The maximum Gasteiger partial charge on any atom is 0.259 e. The highest BCUT2D eigenvalue weighted by Crippen LogP contribution is 2.22. The fourth-order valence-electron chi connectivity index (χ4n) is 2.94. The number of ether oxygens (including phenoxy) is 1. The van der Waals surface area contributed by atoms with Gasteiger partial charge >= 0.3 is 0 Å². The molecule has 0 fully saturated rings. The number of imidazole rings is 1. The van der Waals surface area contributed by atoms with Crippen LogP contribution < -0.4 is 10.1 Å². The number of nitrogens with zero attached hydrogens (tertiary/aromatic N) is 3. The Labute approximate surface area is 179 Å². The van der Waals surface area contributed by atoms with Gasteiger partial charge in [-0.05, 0) is 48.9 Å². The second kappa shape index (κ2) is 8.80. The molecular weight excluding hydrogens is 400 g/mol. The van der Waals surface area contributed by atoms with Gasteiger partial charge in [-0.2, -0.15) is 0 Å². The molecular formula is C23H19ClN4O2. The molecule has 150 valence electrons. The summed E-state index contributed by atoms with van der Waals surface area (Å²) in [6.07, 6.45) is 5.17. The van der Waals surface area contributed by atoms with Crippen molar-refractivity contribution in [3.05, 3.63) is 101 Å². The molecule has 0 radical (unpaired) electrons. The van der Waals surface area contributed by atoms with Crippen molar-refractivity contribution in [1.82, 2.24) is 14.5 Å². The van der Waals surface area contributed by atoms with Crippen molar-refractivity contribution in [1.29, 1.82) is 0 Å². The Morgan fingerprint density at radius 2 is 1.87 bits per heavy atom. The molecule has 0 aliphatic rings. The van der Waals surface area contributed by atoms with Gasteiger partial charge in [0.15, 0.2) is 0 Å². The number of hydrogen-bond donors (Lipinski definition) is 1. The minimum absolute atomic E-state index is 0.268. The van der Waals surface area contributed by atoms with E-state index in [-0.39, 0.29) is 5.91 Å². The topological polar surface area (TPSA) is 69.0 Å². The third-order valence-corrected chi connectivity index (χ3v) is 4.77. The van der Waals surface area contributed by atoms with Gasteiger partial charge in [0, 0.05) is 17.4 Å². The first-order chi connectivity index (χ1) is 14.6. The zero-order valence-corrected chi connectivity index (χ0v) is 17.0. The van der Waals surface area contributed by atoms with E-state index in [9.17, 15) is 4.79 Å². The fourth-order valence-corrected chi connectivity index (χ4v) is 3.07. The van der Waals surface area contributed by atoms with Crippen LogP contribution in [-0.4, -0.2) is 20.4 Å². The van der Waals surface area contributed by atoms with Crippen LogP contribution in [-0.2, 0) is 6.61 Å². The number of para-hydroxylation sites is 1. The van der Waals surface area contributed by atoms with Gasteiger partial charge in [0.2, 0.25) is 0 Å². The number of aromatic nitrogens is 3. The quantitative estimate of drug-likeness (QED) is 0.475. The van der Waals surface area contributed by atoms with Crippen molar-refractivity contribution < 1.29 is 9.53 Å². The summed E-state index contributed by atoms with van der Waals surface area (Å²) >= 11 is 5.92. The molecule has 0 saturated carbocycles. The largest absolute Gasteiger partial charge is 0.488 e. The van der Waals surface area contributed by atoms with Gasteiger partial charge in [-0.25, -0.2) is 9.97 Å². The molecule has 0 aliphatic heterocycles. The van der Waals surface area contributed by atoms with Crippen LogP contribution in [0.2, 0.25) is 5.02 Å². The lowest BCUT2D eigenvalue weighted by Gasteiger charge is -2.12. The Kier molecular flexibility index (Phi) is 5.77. The van der Waals surface area contributed by atoms with Gasteiger partial charge in [0.1, 0.15) is 24.0 Å². The van der Waals surface area contributed by atoms with Crippen molar-refractivity contribution in [3.8, 4) is 11.6 Å². The first-order valence-corrected chi connectivity index (χ1v) is 9.72. The molecule has 30 heavy (non-hydrogen) atoms. The Balaban J connectivity index is 1.46. The Bertz CT molecular complexity index is 1150. The summed E-state index contributed by atoms with van der Waals surface area (Å²) in [5.74, 6) is 1.80. The first kappa shape index (κ1) is 19.7. The van der Waals surface area contributed by atoms with Crippen LogP contribution in [0.5, 0.6) is 5.75 Å². The van der Waals surface area contributed by atoms with E-state index in [0.717, 1.165) is 17.2 Å². The minimum Gasteiger partial charge on any atom is -0.488 e. The average molecular weight is 419 g/mol. The number of hydrogen-bond acceptors (Lipinski definition) is 4. The van der Waals surface area contributed by atoms with Crippen LogP contribution in [0, 0.1) is 6.92 Å². The summed E-state index contributed by atoms with van der Waals surface area (Å²) in [5.41, 5.74) is 2.00. The molecule has 0 aliphatic carbocycles. The summed E-state index contributed by atoms with van der Waals surface area (Å²) in [4.78, 5) is 21.4. The summed E-state index contributed by atoms with van der Waals surface area (Å²) in [7, 11) is 0. The maximum absolute atomic E-state index is 12.8. The van der Waals surface area contributed by atoms with Crippen molar-refractivity contribution in [2.24, 2.45) is 0 Å². The number of amides is 1. The van der Waals surface area contributed by atoms with Gasteiger partial charge in [-0.3, -0.25) is 9.36 Å². The number of rotatable bonds is 6. The standard InChI is InChI=1S/C23H19ClN4O2/c1-16-25-12-13-28(16)22-11-10-19(14-26-22)27-23(29)20-4-2-3-5-21(20)30-15-17-6-8-18(24)9-7-17/h2-14H,15H2,1H3,(H,27,29). The highest BCUT2D eigenvalue weighted by atomic mass is 35.5. The molecule has 4 rings (SSSR count). The van der Waals surface area contributed by atoms with Crippen LogP contribution in [0.15, 0.2) is 79.3 Å². The summed E-state index contributed by atoms with van der Waals surface area (Å²) < 4.78 is 7.74. The van der Waals surface area contributed by atoms with Gasteiger partial charge in [-0.1, -0.05) is 35.9 Å². The molecule has 2 aromatic carbocycles. The average Bonchev–Trinajstić information content (AvgIpc) is 3.20. The second-order valence-corrected chi connectivity index (χ2v) is 7.05. The number of carbonyl (C=O) groups is 1. The van der Waals surface area contributed by atoms with Crippen LogP contribution in [0.1, 0.15) is 21.7 Å². The van der Waals surface area contributed by atoms with Crippen molar-refractivity contribution in [2.45, 2.75) is 13.5 Å². The fraction of sp³-hybridized carbons (Fsp3) is 0.0870. The van der Waals surface area contributed by atoms with Crippen LogP contribution in [0.3, 0.4) is 0 Å². The molecule has 0 unspecified atom stereocenters. The van der Waals surface area contributed by atoms with Gasteiger partial charge in [-0.15, -0.1) is 0 Å². The molecule has 0 atom stereocenters. The number of anilines is 1. The molecule has 1 N–H and O–H groups in total. The zero-order chi connectivity index (χ0) is 20.9. The SMILES string of the molecule is Cc1nccn1-c1ccc(NC(=O)c2ccccc2OCc2ccc(Cl)cc2)cn1. The highest BCUT2D eigenvalue weighted by molar-refractivity contribution is 6.30. The number of aryl methyl sites for hydroxylation is 1. The molecule has 0 saturated heterocycles. The highest BCUT2D eigenvalue weighted by Gasteiger charge is 2.13. The molecule has 1 amide bonds. The monoisotopic (exact) mass is 418 g/mol. The van der Waals surface area contributed by atoms with E-state index >= 15 is 0 Å². The number of nitrogens with one attached hydrogen (secondary N) is 1. The summed E-state index contributed by atoms with van der Waals surface area (Å²) in [5, 5.41) is 3.54. The van der Waals surface area contributed by atoms with Crippen molar-refractivity contribution in [2.75, 3.05) is 5.32 Å². The van der Waals surface area contributed by atoms with E-state index in [4.69, 9.17) is 16.3 Å². The van der Waals surface area contributed by atoms with Crippen molar-refractivity contribution >= 4 is 23.2 Å². The number of carbonyl (C=O) groups excluding carboxylic acids is 1. The lowest BCUT2D eigenvalue weighted by Crippen LogP contribution is -2.14. The van der Waals surface area contributed by atoms with Crippen LogP contribution >= 0.6 is 11.6 Å². The molecule has 2 heterocycles. The predicted molar refractivity (Wildman–Crippen MR) is 116 cm³/mol.